The predicted molar refractivity (Wildman–Crippen MR) is 54.2 cm³/mol. The van der Waals surface area contributed by atoms with Crippen LogP contribution in [0.3, 0.4) is 0 Å². The molecule has 0 heterocycles. The second kappa shape index (κ2) is 5.53. The van der Waals surface area contributed by atoms with Crippen molar-refractivity contribution in [2.45, 2.75) is 26.2 Å². The summed E-state index contributed by atoms with van der Waals surface area (Å²) >= 11 is 0. The summed E-state index contributed by atoms with van der Waals surface area (Å²) in [5, 5.41) is 0. The molecule has 0 fully saturated rings. The summed E-state index contributed by atoms with van der Waals surface area (Å²) in [4.78, 5) is 0. The van der Waals surface area contributed by atoms with Crippen LogP contribution in [0.25, 0.3) is 0 Å². The van der Waals surface area contributed by atoms with Crippen molar-refractivity contribution in [1.29, 1.82) is 0 Å². The highest BCUT2D eigenvalue weighted by atomic mass is 19.1. The Balaban J connectivity index is 2.49. The van der Waals surface area contributed by atoms with Gasteiger partial charge in [-0.25, -0.2) is 8.78 Å². The molecule has 0 unspecified atom stereocenters. The lowest BCUT2D eigenvalue weighted by molar-refractivity contribution is 0.626. The van der Waals surface area contributed by atoms with E-state index in [0.717, 1.165) is 24.0 Å². The van der Waals surface area contributed by atoms with Crippen LogP contribution in [0.15, 0.2) is 36.2 Å². The maximum Gasteiger partial charge on any atom is 0.123 e. The lowest BCUT2D eigenvalue weighted by atomic mass is 10.0. The molecule has 14 heavy (non-hydrogen) atoms. The maximum atomic E-state index is 12.5. The average Bonchev–Trinajstić information content (AvgIpc) is 2.22. The fourth-order valence-electron chi connectivity index (χ4n) is 1.26. The second-order valence-corrected chi connectivity index (χ2v) is 3.25. The second-order valence-electron chi connectivity index (χ2n) is 3.25. The largest absolute Gasteiger partial charge is 0.216 e. The molecule has 1 aromatic carbocycles. The fraction of sp³-hybridized carbons (Fsp3) is 0.333. The number of halogens is 2. The standard InChI is InChI=1S/C12H14F2/c1-2-10(9-13)3-4-11-5-7-12(14)8-6-11/h5-9H,2-4H2,1H3/b10-9-. The lowest BCUT2D eigenvalue weighted by Gasteiger charge is -2.02. The molecule has 0 aliphatic carbocycles. The Bertz CT molecular complexity index is 299. The number of hydrogen-bond donors (Lipinski definition) is 0. The minimum absolute atomic E-state index is 0.231. The summed E-state index contributed by atoms with van der Waals surface area (Å²) in [5.41, 5.74) is 1.84. The van der Waals surface area contributed by atoms with Gasteiger partial charge in [-0.15, -0.1) is 0 Å². The van der Waals surface area contributed by atoms with E-state index in [-0.39, 0.29) is 5.82 Å². The molecular formula is C12H14F2. The Labute approximate surface area is 83.3 Å². The van der Waals surface area contributed by atoms with Crippen molar-refractivity contribution in [1.82, 2.24) is 0 Å². The number of rotatable bonds is 4. The van der Waals surface area contributed by atoms with E-state index in [1.807, 2.05) is 6.92 Å². The van der Waals surface area contributed by atoms with Gasteiger partial charge >= 0.3 is 0 Å². The highest BCUT2D eigenvalue weighted by Gasteiger charge is 1.97. The average molecular weight is 196 g/mol. The Hall–Kier alpha value is -1.18. The molecule has 0 aliphatic heterocycles. The van der Waals surface area contributed by atoms with Gasteiger partial charge in [0.15, 0.2) is 0 Å². The van der Waals surface area contributed by atoms with E-state index in [9.17, 15) is 8.78 Å². The van der Waals surface area contributed by atoms with Crippen molar-refractivity contribution >= 4 is 0 Å². The van der Waals surface area contributed by atoms with Crippen molar-refractivity contribution in [3.05, 3.63) is 47.5 Å². The first kappa shape index (κ1) is 10.9. The SMILES string of the molecule is CC/C(=C/F)CCc1ccc(F)cc1. The molecule has 0 atom stereocenters. The highest BCUT2D eigenvalue weighted by Crippen LogP contribution is 2.12. The van der Waals surface area contributed by atoms with Gasteiger partial charge < -0.3 is 0 Å². The molecule has 0 aliphatic rings. The van der Waals surface area contributed by atoms with Crippen LogP contribution in [-0.4, -0.2) is 0 Å². The zero-order valence-electron chi connectivity index (χ0n) is 8.26. The van der Waals surface area contributed by atoms with Gasteiger partial charge in [0, 0.05) is 0 Å². The lowest BCUT2D eigenvalue weighted by Crippen LogP contribution is -1.88. The van der Waals surface area contributed by atoms with Gasteiger partial charge in [0.1, 0.15) is 5.82 Å². The summed E-state index contributed by atoms with van der Waals surface area (Å²) in [6, 6.07) is 6.34. The quantitative estimate of drug-likeness (QED) is 0.682. The monoisotopic (exact) mass is 196 g/mol. The Morgan fingerprint density at radius 1 is 1.29 bits per heavy atom. The summed E-state index contributed by atoms with van der Waals surface area (Å²) in [6.07, 6.45) is 2.88. The molecule has 1 rings (SSSR count). The molecule has 0 N–H and O–H groups in total. The van der Waals surface area contributed by atoms with Crippen LogP contribution in [-0.2, 0) is 6.42 Å². The number of allylic oxidation sites excluding steroid dienone is 1. The van der Waals surface area contributed by atoms with Crippen LogP contribution in [0.5, 0.6) is 0 Å². The molecule has 0 aromatic heterocycles. The Morgan fingerprint density at radius 3 is 2.43 bits per heavy atom. The molecule has 0 amide bonds. The topological polar surface area (TPSA) is 0 Å². The molecule has 0 saturated carbocycles. The third-order valence-electron chi connectivity index (χ3n) is 2.26. The normalized spacial score (nSPS) is 11.8. The minimum atomic E-state index is -0.231. The van der Waals surface area contributed by atoms with E-state index in [2.05, 4.69) is 0 Å². The van der Waals surface area contributed by atoms with Crippen LogP contribution < -0.4 is 0 Å². The van der Waals surface area contributed by atoms with Gasteiger partial charge in [-0.1, -0.05) is 19.1 Å². The van der Waals surface area contributed by atoms with Gasteiger partial charge in [0.2, 0.25) is 0 Å². The highest BCUT2D eigenvalue weighted by molar-refractivity contribution is 5.17. The molecule has 0 nitrogen and oxygen atoms in total. The first-order valence-corrected chi connectivity index (χ1v) is 4.79. The molecule has 0 spiro atoms. The van der Waals surface area contributed by atoms with Gasteiger partial charge in [0.05, 0.1) is 6.33 Å². The van der Waals surface area contributed by atoms with Gasteiger partial charge in [-0.3, -0.25) is 0 Å². The third-order valence-corrected chi connectivity index (χ3v) is 2.26. The van der Waals surface area contributed by atoms with E-state index in [1.54, 1.807) is 12.1 Å². The van der Waals surface area contributed by atoms with Crippen molar-refractivity contribution in [2.24, 2.45) is 0 Å². The predicted octanol–water partition coefficient (Wildman–Crippen LogP) is 4.02. The van der Waals surface area contributed by atoms with Crippen LogP contribution in [0.1, 0.15) is 25.3 Å². The summed E-state index contributed by atoms with van der Waals surface area (Å²) in [6.45, 7) is 1.93. The number of benzene rings is 1. The molecule has 0 bridgehead atoms. The van der Waals surface area contributed by atoms with Crippen molar-refractivity contribution < 1.29 is 8.78 Å². The van der Waals surface area contributed by atoms with Gasteiger partial charge in [-0.2, -0.15) is 0 Å². The van der Waals surface area contributed by atoms with Crippen LogP contribution >= 0.6 is 0 Å². The zero-order chi connectivity index (χ0) is 10.4. The van der Waals surface area contributed by atoms with Crippen LogP contribution in [0.4, 0.5) is 8.78 Å². The fourth-order valence-corrected chi connectivity index (χ4v) is 1.26. The van der Waals surface area contributed by atoms with E-state index in [0.29, 0.717) is 12.8 Å². The zero-order valence-corrected chi connectivity index (χ0v) is 8.26. The Kier molecular flexibility index (Phi) is 4.30. The summed E-state index contributed by atoms with van der Waals surface area (Å²) < 4.78 is 24.7. The summed E-state index contributed by atoms with van der Waals surface area (Å²) in [5.74, 6) is -0.231. The smallest absolute Gasteiger partial charge is 0.123 e. The van der Waals surface area contributed by atoms with Crippen molar-refractivity contribution in [2.75, 3.05) is 0 Å². The molecule has 76 valence electrons. The van der Waals surface area contributed by atoms with E-state index >= 15 is 0 Å². The van der Waals surface area contributed by atoms with Gasteiger partial charge in [0.25, 0.3) is 0 Å². The first-order valence-electron chi connectivity index (χ1n) is 4.79. The van der Waals surface area contributed by atoms with E-state index in [1.165, 1.54) is 12.1 Å². The number of aryl methyl sites for hydroxylation is 1. The minimum Gasteiger partial charge on any atom is -0.216 e. The molecule has 0 saturated heterocycles. The maximum absolute atomic E-state index is 12.5. The number of hydrogen-bond acceptors (Lipinski definition) is 0. The van der Waals surface area contributed by atoms with E-state index < -0.39 is 0 Å². The van der Waals surface area contributed by atoms with Crippen molar-refractivity contribution in [3.8, 4) is 0 Å². The Morgan fingerprint density at radius 2 is 1.93 bits per heavy atom. The van der Waals surface area contributed by atoms with E-state index in [4.69, 9.17) is 0 Å². The van der Waals surface area contributed by atoms with Gasteiger partial charge in [-0.05, 0) is 42.5 Å². The van der Waals surface area contributed by atoms with Crippen LogP contribution in [0.2, 0.25) is 0 Å². The molecule has 1 aromatic rings. The molecular weight excluding hydrogens is 182 g/mol. The molecule has 0 radical (unpaired) electrons. The molecule has 2 heteroatoms. The van der Waals surface area contributed by atoms with Crippen molar-refractivity contribution in [3.63, 3.8) is 0 Å². The third kappa shape index (κ3) is 3.29. The first-order chi connectivity index (χ1) is 6.76. The summed E-state index contributed by atoms with van der Waals surface area (Å²) in [7, 11) is 0. The van der Waals surface area contributed by atoms with Crippen LogP contribution in [0, 0.1) is 5.82 Å².